The van der Waals surface area contributed by atoms with Gasteiger partial charge in [-0.05, 0) is 32.8 Å². The molecule has 0 spiro atoms. The van der Waals surface area contributed by atoms with Gasteiger partial charge in [-0.15, -0.1) is 0 Å². The van der Waals surface area contributed by atoms with Crippen LogP contribution in [0.4, 0.5) is 10.5 Å². The Balaban J connectivity index is 1.54. The maximum absolute atomic E-state index is 13.0. The molecule has 1 saturated heterocycles. The van der Waals surface area contributed by atoms with Gasteiger partial charge in [0.15, 0.2) is 5.76 Å². The number of piperidine rings is 1. The fraction of sp³-hybridized carbons (Fsp3) is 0.444. The number of ether oxygens (including phenoxy) is 1. The van der Waals surface area contributed by atoms with Crippen LogP contribution in [0.3, 0.4) is 0 Å². The van der Waals surface area contributed by atoms with Crippen molar-refractivity contribution in [3.05, 3.63) is 41.3 Å². The molecule has 27 heavy (non-hydrogen) atoms. The fourth-order valence-corrected chi connectivity index (χ4v) is 5.59. The second kappa shape index (κ2) is 6.65. The third kappa shape index (κ3) is 3.00. The Bertz CT molecular complexity index is 957. The molecule has 144 valence electrons. The first-order valence-electron chi connectivity index (χ1n) is 8.86. The minimum atomic E-state index is -3.67. The van der Waals surface area contributed by atoms with Gasteiger partial charge in [-0.25, -0.2) is 13.2 Å². The minimum Gasteiger partial charge on any atom is -0.444 e. The summed E-state index contributed by atoms with van der Waals surface area (Å²) in [6, 6.07) is 7.54. The summed E-state index contributed by atoms with van der Waals surface area (Å²) in [6.45, 7) is 4.13. The van der Waals surface area contributed by atoms with Crippen LogP contribution in [0.25, 0.3) is 0 Å². The number of anilines is 1. The Morgan fingerprint density at radius 1 is 1.15 bits per heavy atom. The molecular formula is C18H21N3O5S. The number of benzene rings is 1. The van der Waals surface area contributed by atoms with Crippen LogP contribution < -0.4 is 4.90 Å². The first-order valence-corrected chi connectivity index (χ1v) is 10.3. The molecule has 2 aliphatic heterocycles. The van der Waals surface area contributed by atoms with Crippen molar-refractivity contribution in [1.82, 2.24) is 9.46 Å². The van der Waals surface area contributed by atoms with Gasteiger partial charge in [0.2, 0.25) is 10.0 Å². The van der Waals surface area contributed by atoms with Crippen molar-refractivity contribution in [3.8, 4) is 0 Å². The van der Waals surface area contributed by atoms with Crippen LogP contribution in [0.5, 0.6) is 0 Å². The fourth-order valence-electron chi connectivity index (χ4n) is 3.83. The van der Waals surface area contributed by atoms with Crippen LogP contribution in [0.2, 0.25) is 0 Å². The molecule has 9 heteroatoms. The largest absolute Gasteiger partial charge is 0.444 e. The zero-order chi connectivity index (χ0) is 19.2. The highest BCUT2D eigenvalue weighted by Crippen LogP contribution is 2.33. The van der Waals surface area contributed by atoms with Crippen LogP contribution in [0.15, 0.2) is 33.7 Å². The first kappa shape index (κ1) is 18.0. The van der Waals surface area contributed by atoms with E-state index in [4.69, 9.17) is 9.26 Å². The summed E-state index contributed by atoms with van der Waals surface area (Å²) in [4.78, 5) is 14.2. The monoisotopic (exact) mass is 391 g/mol. The molecule has 3 heterocycles. The zero-order valence-electron chi connectivity index (χ0n) is 15.2. The van der Waals surface area contributed by atoms with Crippen molar-refractivity contribution < 1.29 is 22.5 Å². The van der Waals surface area contributed by atoms with Crippen LogP contribution in [0, 0.1) is 13.8 Å². The van der Waals surface area contributed by atoms with E-state index in [-0.39, 0.29) is 23.6 Å². The summed E-state index contributed by atoms with van der Waals surface area (Å²) < 4.78 is 37.7. The van der Waals surface area contributed by atoms with Crippen molar-refractivity contribution in [1.29, 1.82) is 0 Å². The lowest BCUT2D eigenvalue weighted by Gasteiger charge is -2.39. The molecule has 0 atom stereocenters. The first-order chi connectivity index (χ1) is 12.9. The molecule has 4 rings (SSSR count). The van der Waals surface area contributed by atoms with E-state index in [0.29, 0.717) is 37.4 Å². The average Bonchev–Trinajstić information content (AvgIpc) is 3.01. The Morgan fingerprint density at radius 3 is 2.52 bits per heavy atom. The number of cyclic esters (lactones) is 1. The summed E-state index contributed by atoms with van der Waals surface area (Å²) in [5, 5.41) is 3.75. The Morgan fingerprint density at radius 2 is 1.85 bits per heavy atom. The molecule has 0 radical (unpaired) electrons. The molecule has 2 aromatic rings. The molecule has 8 nitrogen and oxygen atoms in total. The number of rotatable bonds is 3. The molecule has 0 aliphatic carbocycles. The normalized spacial score (nSPS) is 19.0. The highest BCUT2D eigenvalue weighted by atomic mass is 32.2. The van der Waals surface area contributed by atoms with Crippen molar-refractivity contribution in [2.24, 2.45) is 0 Å². The number of hydrogen-bond donors (Lipinski definition) is 0. The van der Waals surface area contributed by atoms with Crippen LogP contribution in [-0.4, -0.2) is 43.1 Å². The summed E-state index contributed by atoms with van der Waals surface area (Å²) in [5.74, 6) is 0.295. The zero-order valence-corrected chi connectivity index (χ0v) is 16.0. The number of aryl methyl sites for hydroxylation is 2. The van der Waals surface area contributed by atoms with Crippen LogP contribution >= 0.6 is 0 Å². The molecule has 1 aromatic heterocycles. The van der Waals surface area contributed by atoms with Crippen molar-refractivity contribution in [2.75, 3.05) is 18.0 Å². The van der Waals surface area contributed by atoms with Gasteiger partial charge in [0.05, 0.1) is 5.69 Å². The number of hydrogen-bond acceptors (Lipinski definition) is 6. The second-order valence-electron chi connectivity index (χ2n) is 6.84. The summed E-state index contributed by atoms with van der Waals surface area (Å²) >= 11 is 0. The molecule has 1 aromatic carbocycles. The summed E-state index contributed by atoms with van der Waals surface area (Å²) in [5.41, 5.74) is 2.17. The van der Waals surface area contributed by atoms with Crippen molar-refractivity contribution >= 4 is 21.8 Å². The van der Waals surface area contributed by atoms with Gasteiger partial charge in [-0.2, -0.15) is 4.31 Å². The molecule has 0 N–H and O–H groups in total. The van der Waals surface area contributed by atoms with Gasteiger partial charge < -0.3 is 9.26 Å². The van der Waals surface area contributed by atoms with E-state index in [1.54, 1.807) is 18.7 Å². The topological polar surface area (TPSA) is 93.0 Å². The average molecular weight is 391 g/mol. The molecule has 0 bridgehead atoms. The number of carbonyl (C=O) groups is 1. The highest BCUT2D eigenvalue weighted by molar-refractivity contribution is 7.89. The maximum Gasteiger partial charge on any atom is 0.414 e. The van der Waals surface area contributed by atoms with E-state index in [1.807, 2.05) is 24.3 Å². The summed E-state index contributed by atoms with van der Waals surface area (Å²) in [6.07, 6.45) is 0.693. The lowest BCUT2D eigenvalue weighted by atomic mass is 10.0. The van der Waals surface area contributed by atoms with Gasteiger partial charge in [-0.1, -0.05) is 23.4 Å². The van der Waals surface area contributed by atoms with Gasteiger partial charge in [0, 0.05) is 24.7 Å². The van der Waals surface area contributed by atoms with Crippen molar-refractivity contribution in [2.45, 2.75) is 44.2 Å². The standard InChI is InChI=1S/C18H21N3O5S/c1-12-17(13(2)26-19-12)27(23,24)20-9-7-15(8-10-20)21-16-6-4-3-5-14(16)11-25-18(21)22/h3-6,15H,7-11H2,1-2H3. The Hall–Kier alpha value is -2.39. The number of aromatic nitrogens is 1. The van der Waals surface area contributed by atoms with Gasteiger partial charge in [0.1, 0.15) is 17.2 Å². The van der Waals surface area contributed by atoms with E-state index < -0.39 is 10.0 Å². The van der Waals surface area contributed by atoms with Gasteiger partial charge >= 0.3 is 6.09 Å². The predicted molar refractivity (Wildman–Crippen MR) is 96.9 cm³/mol. The SMILES string of the molecule is Cc1noc(C)c1S(=O)(=O)N1CCC(N2C(=O)OCc3ccccc32)CC1. The number of sulfonamides is 1. The summed E-state index contributed by atoms with van der Waals surface area (Å²) in [7, 11) is -3.67. The van der Waals surface area contributed by atoms with Crippen molar-refractivity contribution in [3.63, 3.8) is 0 Å². The number of para-hydroxylation sites is 1. The lowest BCUT2D eigenvalue weighted by Crippen LogP contribution is -2.50. The van der Waals surface area contributed by atoms with E-state index >= 15 is 0 Å². The molecule has 1 fully saturated rings. The molecule has 1 amide bonds. The quantitative estimate of drug-likeness (QED) is 0.798. The van der Waals surface area contributed by atoms with E-state index in [2.05, 4.69) is 5.16 Å². The highest BCUT2D eigenvalue weighted by Gasteiger charge is 2.38. The van der Waals surface area contributed by atoms with E-state index in [1.165, 1.54) is 4.31 Å². The van der Waals surface area contributed by atoms with Gasteiger partial charge in [-0.3, -0.25) is 4.90 Å². The number of fused-ring (bicyclic) bond motifs is 1. The molecule has 0 unspecified atom stereocenters. The Labute approximate surface area is 157 Å². The van der Waals surface area contributed by atoms with E-state index in [9.17, 15) is 13.2 Å². The smallest absolute Gasteiger partial charge is 0.414 e. The van der Waals surface area contributed by atoms with Gasteiger partial charge in [0.25, 0.3) is 0 Å². The number of amides is 1. The number of nitrogens with zero attached hydrogens (tertiary/aromatic N) is 3. The molecular weight excluding hydrogens is 370 g/mol. The predicted octanol–water partition coefficient (Wildman–Crippen LogP) is 2.60. The lowest BCUT2D eigenvalue weighted by molar-refractivity contribution is 0.136. The van der Waals surface area contributed by atoms with Crippen LogP contribution in [0.1, 0.15) is 29.9 Å². The molecule has 0 saturated carbocycles. The molecule has 2 aliphatic rings. The minimum absolute atomic E-state index is 0.102. The van der Waals surface area contributed by atoms with E-state index in [0.717, 1.165) is 11.3 Å². The Kier molecular flexibility index (Phi) is 4.43. The maximum atomic E-state index is 13.0. The third-order valence-electron chi connectivity index (χ3n) is 5.15. The second-order valence-corrected chi connectivity index (χ2v) is 8.72. The third-order valence-corrected chi connectivity index (χ3v) is 7.30. The number of carbonyl (C=O) groups excluding carboxylic acids is 1. The van der Waals surface area contributed by atoms with Crippen LogP contribution in [-0.2, 0) is 21.4 Å².